The Morgan fingerprint density at radius 1 is 1.41 bits per heavy atom. The standard InChI is InChI=1S/C12H9NO4/c14-12(15)9-6-10(17-13-9)8-3-1-2-7-4-5-16-11(7)8/h1-3,6H,4-5H2,(H,14,15). The molecule has 1 aliphatic rings. The summed E-state index contributed by atoms with van der Waals surface area (Å²) >= 11 is 0. The molecule has 17 heavy (non-hydrogen) atoms. The van der Waals surface area contributed by atoms with Crippen LogP contribution in [0.4, 0.5) is 0 Å². The van der Waals surface area contributed by atoms with Gasteiger partial charge in [-0.1, -0.05) is 17.3 Å². The lowest BCUT2D eigenvalue weighted by Crippen LogP contribution is -1.94. The first-order valence-electron chi connectivity index (χ1n) is 5.21. The number of ether oxygens (including phenoxy) is 1. The van der Waals surface area contributed by atoms with E-state index >= 15 is 0 Å². The molecule has 3 rings (SSSR count). The molecule has 0 radical (unpaired) electrons. The third-order valence-electron chi connectivity index (χ3n) is 2.71. The second kappa shape index (κ2) is 3.62. The zero-order valence-electron chi connectivity index (χ0n) is 8.84. The molecule has 0 unspecified atom stereocenters. The van der Waals surface area contributed by atoms with Gasteiger partial charge >= 0.3 is 5.97 Å². The summed E-state index contributed by atoms with van der Waals surface area (Å²) in [7, 11) is 0. The minimum Gasteiger partial charge on any atom is -0.492 e. The van der Waals surface area contributed by atoms with Gasteiger partial charge in [0.1, 0.15) is 5.75 Å². The van der Waals surface area contributed by atoms with Gasteiger partial charge in [0.2, 0.25) is 0 Å². The number of hydrogen-bond acceptors (Lipinski definition) is 4. The van der Waals surface area contributed by atoms with E-state index < -0.39 is 5.97 Å². The van der Waals surface area contributed by atoms with Gasteiger partial charge in [-0.15, -0.1) is 0 Å². The first-order chi connectivity index (χ1) is 8.25. The van der Waals surface area contributed by atoms with Gasteiger partial charge in [-0.3, -0.25) is 0 Å². The highest BCUT2D eigenvalue weighted by atomic mass is 16.5. The molecule has 0 atom stereocenters. The Kier molecular flexibility index (Phi) is 2.11. The molecule has 0 saturated heterocycles. The zero-order valence-corrected chi connectivity index (χ0v) is 8.84. The number of carboxylic acid groups (broad SMARTS) is 1. The van der Waals surface area contributed by atoms with Crippen molar-refractivity contribution < 1.29 is 19.2 Å². The molecule has 0 amide bonds. The van der Waals surface area contributed by atoms with Gasteiger partial charge in [-0.25, -0.2) is 4.79 Å². The average molecular weight is 231 g/mol. The minimum atomic E-state index is -1.10. The van der Waals surface area contributed by atoms with Gasteiger partial charge in [0.05, 0.1) is 12.2 Å². The Morgan fingerprint density at radius 3 is 3.06 bits per heavy atom. The fraction of sp³-hybridized carbons (Fsp3) is 0.167. The number of para-hydroxylation sites is 1. The molecule has 1 aliphatic heterocycles. The van der Waals surface area contributed by atoms with Crippen molar-refractivity contribution in [2.45, 2.75) is 6.42 Å². The maximum atomic E-state index is 10.7. The summed E-state index contributed by atoms with van der Waals surface area (Å²) in [5.74, 6) is 0.0789. The highest BCUT2D eigenvalue weighted by molar-refractivity contribution is 5.86. The van der Waals surface area contributed by atoms with Crippen LogP contribution in [0.2, 0.25) is 0 Å². The number of fused-ring (bicyclic) bond motifs is 1. The average Bonchev–Trinajstić information content (AvgIpc) is 2.97. The third-order valence-corrected chi connectivity index (χ3v) is 2.71. The number of nitrogens with zero attached hydrogens (tertiary/aromatic N) is 1. The number of carbonyl (C=O) groups is 1. The minimum absolute atomic E-state index is 0.101. The van der Waals surface area contributed by atoms with Crippen LogP contribution in [0.25, 0.3) is 11.3 Å². The van der Waals surface area contributed by atoms with E-state index in [9.17, 15) is 4.79 Å². The lowest BCUT2D eigenvalue weighted by atomic mass is 10.1. The molecule has 0 fully saturated rings. The molecule has 86 valence electrons. The molecule has 1 aromatic heterocycles. The highest BCUT2D eigenvalue weighted by Gasteiger charge is 2.20. The summed E-state index contributed by atoms with van der Waals surface area (Å²) in [5, 5.41) is 12.3. The van der Waals surface area contributed by atoms with Crippen LogP contribution < -0.4 is 4.74 Å². The molecule has 2 aromatic rings. The maximum Gasteiger partial charge on any atom is 0.358 e. The molecule has 0 aliphatic carbocycles. The lowest BCUT2D eigenvalue weighted by molar-refractivity contribution is 0.0686. The van der Waals surface area contributed by atoms with Crippen molar-refractivity contribution in [3.8, 4) is 17.1 Å². The van der Waals surface area contributed by atoms with E-state index in [1.165, 1.54) is 6.07 Å². The van der Waals surface area contributed by atoms with Crippen molar-refractivity contribution in [1.82, 2.24) is 5.16 Å². The van der Waals surface area contributed by atoms with Crippen molar-refractivity contribution in [3.05, 3.63) is 35.5 Å². The molecule has 0 spiro atoms. The molecule has 5 nitrogen and oxygen atoms in total. The van der Waals surface area contributed by atoms with Crippen LogP contribution in [-0.2, 0) is 6.42 Å². The number of hydrogen-bond donors (Lipinski definition) is 1. The molecular formula is C12H9NO4. The van der Waals surface area contributed by atoms with Crippen LogP contribution >= 0.6 is 0 Å². The van der Waals surface area contributed by atoms with Crippen molar-refractivity contribution >= 4 is 5.97 Å². The smallest absolute Gasteiger partial charge is 0.358 e. The van der Waals surface area contributed by atoms with E-state index in [2.05, 4.69) is 5.16 Å². The second-order valence-electron chi connectivity index (χ2n) is 3.77. The Labute approximate surface area is 96.6 Å². The van der Waals surface area contributed by atoms with Crippen molar-refractivity contribution in [2.75, 3.05) is 6.61 Å². The quantitative estimate of drug-likeness (QED) is 0.855. The Bertz CT molecular complexity index is 588. The lowest BCUT2D eigenvalue weighted by Gasteiger charge is -2.03. The summed E-state index contributed by atoms with van der Waals surface area (Å²) in [6.07, 6.45) is 0.864. The second-order valence-corrected chi connectivity index (χ2v) is 3.77. The summed E-state index contributed by atoms with van der Waals surface area (Å²) < 4.78 is 10.5. The van der Waals surface area contributed by atoms with Gasteiger partial charge in [0.25, 0.3) is 0 Å². The zero-order chi connectivity index (χ0) is 11.8. The van der Waals surface area contributed by atoms with Gasteiger partial charge < -0.3 is 14.4 Å². The van der Waals surface area contributed by atoms with E-state index in [-0.39, 0.29) is 5.69 Å². The Hall–Kier alpha value is -2.30. The fourth-order valence-corrected chi connectivity index (χ4v) is 1.91. The summed E-state index contributed by atoms with van der Waals surface area (Å²) in [4.78, 5) is 10.7. The fourth-order valence-electron chi connectivity index (χ4n) is 1.91. The number of aromatic carboxylic acids is 1. The summed E-state index contributed by atoms with van der Waals surface area (Å²) in [6.45, 7) is 0.645. The molecule has 1 N–H and O–H groups in total. The highest BCUT2D eigenvalue weighted by Crippen LogP contribution is 2.36. The maximum absolute atomic E-state index is 10.7. The van der Waals surface area contributed by atoms with Crippen LogP contribution in [0.5, 0.6) is 5.75 Å². The third kappa shape index (κ3) is 1.56. The van der Waals surface area contributed by atoms with Gasteiger partial charge in [0.15, 0.2) is 11.5 Å². The molecular weight excluding hydrogens is 222 g/mol. The van der Waals surface area contributed by atoms with Crippen LogP contribution in [0.1, 0.15) is 16.1 Å². The Balaban J connectivity index is 2.09. The largest absolute Gasteiger partial charge is 0.492 e. The molecule has 1 aromatic carbocycles. The monoisotopic (exact) mass is 231 g/mol. The number of rotatable bonds is 2. The molecule has 5 heteroatoms. The number of aromatic nitrogens is 1. The van der Waals surface area contributed by atoms with E-state index in [1.54, 1.807) is 0 Å². The summed E-state index contributed by atoms with van der Waals surface area (Å²) in [6, 6.07) is 7.11. The normalized spacial score (nSPS) is 13.2. The van der Waals surface area contributed by atoms with Crippen LogP contribution in [0.15, 0.2) is 28.8 Å². The number of benzene rings is 1. The van der Waals surface area contributed by atoms with Gasteiger partial charge in [-0.05, 0) is 11.6 Å². The van der Waals surface area contributed by atoms with Crippen LogP contribution in [0.3, 0.4) is 0 Å². The predicted octanol–water partition coefficient (Wildman–Crippen LogP) is 1.97. The summed E-state index contributed by atoms with van der Waals surface area (Å²) in [5.41, 5.74) is 1.76. The van der Waals surface area contributed by atoms with Crippen molar-refractivity contribution in [3.63, 3.8) is 0 Å². The van der Waals surface area contributed by atoms with Crippen LogP contribution in [-0.4, -0.2) is 22.8 Å². The van der Waals surface area contributed by atoms with E-state index in [0.717, 1.165) is 23.3 Å². The predicted molar refractivity (Wildman–Crippen MR) is 58.1 cm³/mol. The molecule has 0 saturated carbocycles. The van der Waals surface area contributed by atoms with Crippen LogP contribution in [0, 0.1) is 0 Å². The Morgan fingerprint density at radius 2 is 2.29 bits per heavy atom. The first-order valence-corrected chi connectivity index (χ1v) is 5.21. The molecule has 0 bridgehead atoms. The van der Waals surface area contributed by atoms with Gasteiger partial charge in [-0.2, -0.15) is 0 Å². The number of carboxylic acids is 1. The SMILES string of the molecule is O=C(O)c1cc(-c2cccc3c2OCC3)on1. The van der Waals surface area contributed by atoms with Crippen molar-refractivity contribution in [1.29, 1.82) is 0 Å². The molecule has 2 heterocycles. The van der Waals surface area contributed by atoms with E-state index in [1.807, 2.05) is 18.2 Å². The van der Waals surface area contributed by atoms with E-state index in [0.29, 0.717) is 12.4 Å². The topological polar surface area (TPSA) is 72.6 Å². The van der Waals surface area contributed by atoms with E-state index in [4.69, 9.17) is 14.4 Å². The van der Waals surface area contributed by atoms with Gasteiger partial charge in [0, 0.05) is 12.5 Å². The van der Waals surface area contributed by atoms with Crippen molar-refractivity contribution in [2.24, 2.45) is 0 Å². The first kappa shape index (κ1) is 9.89.